The molecule has 1 aliphatic heterocycles. The average molecular weight is 334 g/mol. The molecule has 1 heterocycles. The minimum Gasteiger partial charge on any atom is -0.439 e. The number of carbonyl (C=O) groups is 2. The lowest BCUT2D eigenvalue weighted by atomic mass is 9.94. The maximum atomic E-state index is 13.0. The van der Waals surface area contributed by atoms with Crippen molar-refractivity contribution in [3.05, 3.63) is 71.8 Å². The lowest BCUT2D eigenvalue weighted by Gasteiger charge is -2.23. The first-order valence-corrected chi connectivity index (χ1v) is 8.14. The van der Waals surface area contributed by atoms with Gasteiger partial charge in [-0.25, -0.2) is 9.69 Å². The van der Waals surface area contributed by atoms with Gasteiger partial charge in [-0.05, 0) is 18.1 Å². The highest BCUT2D eigenvalue weighted by Gasteiger charge is 2.45. The second-order valence-electron chi connectivity index (χ2n) is 5.99. The van der Waals surface area contributed by atoms with Gasteiger partial charge in [-0.15, -0.1) is 0 Å². The molecule has 0 unspecified atom stereocenters. The Bertz CT molecular complexity index is 799. The summed E-state index contributed by atoms with van der Waals surface area (Å²) in [6.07, 6.45) is -1.16. The van der Waals surface area contributed by atoms with E-state index in [1.165, 1.54) is 0 Å². The fourth-order valence-electron chi connectivity index (χ4n) is 3.14. The number of carbonyl (C=O) groups excluding carboxylic acids is 2. The fourth-order valence-corrected chi connectivity index (χ4v) is 3.14. The van der Waals surface area contributed by atoms with E-state index in [0.717, 1.165) is 16.0 Å². The van der Waals surface area contributed by atoms with Crippen molar-refractivity contribution in [3.63, 3.8) is 0 Å². The van der Waals surface area contributed by atoms with Gasteiger partial charge < -0.3 is 4.74 Å². The fraction of sp³-hybridized carbons (Fsp3) is 0.250. The number of benzene rings is 2. The van der Waals surface area contributed by atoms with Crippen LogP contribution >= 0.6 is 0 Å². The topological polar surface area (TPSA) is 70.4 Å². The summed E-state index contributed by atoms with van der Waals surface area (Å²) in [5.74, 6) is -1.08. The molecule has 126 valence electrons. The highest BCUT2D eigenvalue weighted by Crippen LogP contribution is 2.35. The zero-order chi connectivity index (χ0) is 17.8. The van der Waals surface area contributed by atoms with Crippen LogP contribution in [0.25, 0.3) is 0 Å². The van der Waals surface area contributed by atoms with E-state index >= 15 is 0 Å². The van der Waals surface area contributed by atoms with E-state index in [0.29, 0.717) is 0 Å². The Balaban J connectivity index is 1.88. The van der Waals surface area contributed by atoms with Crippen LogP contribution in [0, 0.1) is 11.3 Å². The van der Waals surface area contributed by atoms with Crippen molar-refractivity contribution in [2.45, 2.75) is 31.4 Å². The lowest BCUT2D eigenvalue weighted by molar-refractivity contribution is -0.130. The van der Waals surface area contributed by atoms with Crippen LogP contribution in [-0.4, -0.2) is 22.9 Å². The van der Waals surface area contributed by atoms with Gasteiger partial charge in [0.1, 0.15) is 6.10 Å². The summed E-state index contributed by atoms with van der Waals surface area (Å²) in [7, 11) is 0. The number of ether oxygens (including phenoxy) is 1. The van der Waals surface area contributed by atoms with Crippen LogP contribution < -0.4 is 0 Å². The normalized spacial score (nSPS) is 20.6. The van der Waals surface area contributed by atoms with Crippen molar-refractivity contribution < 1.29 is 14.3 Å². The van der Waals surface area contributed by atoms with E-state index in [1.54, 1.807) is 19.1 Å². The molecule has 0 spiro atoms. The molecule has 3 rings (SSSR count). The predicted molar refractivity (Wildman–Crippen MR) is 91.4 cm³/mol. The maximum absolute atomic E-state index is 13.0. The summed E-state index contributed by atoms with van der Waals surface area (Å²) in [5, 5.41) is 9.11. The van der Waals surface area contributed by atoms with Crippen LogP contribution in [0.3, 0.4) is 0 Å². The molecule has 0 saturated carbocycles. The van der Waals surface area contributed by atoms with E-state index < -0.39 is 30.1 Å². The summed E-state index contributed by atoms with van der Waals surface area (Å²) < 4.78 is 5.44. The number of hydrogen-bond donors (Lipinski definition) is 0. The zero-order valence-corrected chi connectivity index (χ0v) is 13.8. The van der Waals surface area contributed by atoms with E-state index in [1.807, 2.05) is 54.6 Å². The number of nitrogens with zero attached hydrogens (tertiary/aromatic N) is 2. The van der Waals surface area contributed by atoms with Gasteiger partial charge in [0, 0.05) is 0 Å². The van der Waals surface area contributed by atoms with Gasteiger partial charge in [-0.3, -0.25) is 4.79 Å². The molecule has 3 atom stereocenters. The molecule has 0 aliphatic carbocycles. The molecule has 5 nitrogen and oxygen atoms in total. The largest absolute Gasteiger partial charge is 0.439 e. The Kier molecular flexibility index (Phi) is 4.80. The smallest absolute Gasteiger partial charge is 0.417 e. The Morgan fingerprint density at radius 2 is 1.76 bits per heavy atom. The molecular weight excluding hydrogens is 316 g/mol. The summed E-state index contributed by atoms with van der Waals surface area (Å²) in [6.45, 7) is 1.79. The molecule has 2 amide bonds. The van der Waals surface area contributed by atoms with Gasteiger partial charge in [0.25, 0.3) is 0 Å². The number of rotatable bonds is 4. The van der Waals surface area contributed by atoms with Crippen molar-refractivity contribution in [1.29, 1.82) is 5.26 Å². The van der Waals surface area contributed by atoms with Gasteiger partial charge >= 0.3 is 6.09 Å². The maximum Gasteiger partial charge on any atom is 0.417 e. The van der Waals surface area contributed by atoms with Crippen molar-refractivity contribution in [1.82, 2.24) is 4.90 Å². The zero-order valence-electron chi connectivity index (χ0n) is 13.8. The number of hydrogen-bond acceptors (Lipinski definition) is 4. The van der Waals surface area contributed by atoms with Gasteiger partial charge in [-0.2, -0.15) is 5.26 Å². The second-order valence-corrected chi connectivity index (χ2v) is 5.99. The van der Waals surface area contributed by atoms with Crippen LogP contribution in [-0.2, 0) is 9.53 Å². The molecular formula is C20H18N2O3. The molecule has 0 aromatic heterocycles. The summed E-state index contributed by atoms with van der Waals surface area (Å²) >= 11 is 0. The molecule has 25 heavy (non-hydrogen) atoms. The molecule has 5 heteroatoms. The summed E-state index contributed by atoms with van der Waals surface area (Å²) in [4.78, 5) is 26.5. The second kappa shape index (κ2) is 7.18. The molecule has 1 aliphatic rings. The molecule has 2 aromatic rings. The first-order chi connectivity index (χ1) is 12.1. The molecule has 0 radical (unpaired) electrons. The van der Waals surface area contributed by atoms with Crippen molar-refractivity contribution in [3.8, 4) is 6.07 Å². The van der Waals surface area contributed by atoms with E-state index in [9.17, 15) is 9.59 Å². The minimum atomic E-state index is -0.685. The third-order valence-corrected chi connectivity index (χ3v) is 4.43. The average Bonchev–Trinajstić information content (AvgIpc) is 2.95. The van der Waals surface area contributed by atoms with Gasteiger partial charge in [-0.1, -0.05) is 60.7 Å². The van der Waals surface area contributed by atoms with Gasteiger partial charge in [0.2, 0.25) is 5.91 Å². The number of nitriles is 1. The Morgan fingerprint density at radius 3 is 2.36 bits per heavy atom. The molecule has 0 N–H and O–H groups in total. The van der Waals surface area contributed by atoms with Gasteiger partial charge in [0.15, 0.2) is 0 Å². The molecule has 2 aromatic carbocycles. The summed E-state index contributed by atoms with van der Waals surface area (Å²) in [5.41, 5.74) is 1.56. The number of imide groups is 1. The summed E-state index contributed by atoms with van der Waals surface area (Å²) in [6, 6.07) is 20.0. The van der Waals surface area contributed by atoms with Crippen LogP contribution in [0.5, 0.6) is 0 Å². The van der Waals surface area contributed by atoms with Crippen LogP contribution in [0.15, 0.2) is 60.7 Å². The lowest BCUT2D eigenvalue weighted by Crippen LogP contribution is -2.40. The van der Waals surface area contributed by atoms with E-state index in [2.05, 4.69) is 0 Å². The predicted octanol–water partition coefficient (Wildman–Crippen LogP) is 3.79. The van der Waals surface area contributed by atoms with E-state index in [-0.39, 0.29) is 6.42 Å². The highest BCUT2D eigenvalue weighted by molar-refractivity contribution is 5.97. The minimum absolute atomic E-state index is 0.00928. The van der Waals surface area contributed by atoms with Crippen molar-refractivity contribution in [2.24, 2.45) is 0 Å². The first kappa shape index (κ1) is 16.7. The van der Waals surface area contributed by atoms with Crippen LogP contribution in [0.2, 0.25) is 0 Å². The molecule has 1 saturated heterocycles. The SMILES string of the molecule is C[C@H]1[C@@H](c2ccccc2)OC(=O)N1C(=O)[C@@H](CC#N)c1ccccc1. The third-order valence-electron chi connectivity index (χ3n) is 4.43. The Hall–Kier alpha value is -3.13. The van der Waals surface area contributed by atoms with E-state index in [4.69, 9.17) is 10.00 Å². The number of cyclic esters (lactones) is 1. The highest BCUT2D eigenvalue weighted by atomic mass is 16.6. The first-order valence-electron chi connectivity index (χ1n) is 8.14. The van der Waals surface area contributed by atoms with Crippen LogP contribution in [0.4, 0.5) is 4.79 Å². The van der Waals surface area contributed by atoms with Crippen molar-refractivity contribution >= 4 is 12.0 Å². The quantitative estimate of drug-likeness (QED) is 0.853. The Labute approximate surface area is 146 Å². The van der Waals surface area contributed by atoms with Gasteiger partial charge in [0.05, 0.1) is 24.4 Å². The van der Waals surface area contributed by atoms with Crippen LogP contribution in [0.1, 0.15) is 36.5 Å². The standard InChI is InChI=1S/C20H18N2O3/c1-14-18(16-10-6-3-7-11-16)25-20(24)22(14)19(23)17(12-13-21)15-8-4-2-5-9-15/h2-11,14,17-18H,12H2,1H3/t14-,17-,18-/m0/s1. The molecule has 0 bridgehead atoms. The third kappa shape index (κ3) is 3.24. The number of amides is 2. The monoisotopic (exact) mass is 334 g/mol. The molecule has 1 fully saturated rings. The van der Waals surface area contributed by atoms with Crippen molar-refractivity contribution in [2.75, 3.05) is 0 Å². The Morgan fingerprint density at radius 1 is 1.16 bits per heavy atom.